The fourth-order valence-corrected chi connectivity index (χ4v) is 13.6. The van der Waals surface area contributed by atoms with Gasteiger partial charge in [0.25, 0.3) is 0 Å². The quantitative estimate of drug-likeness (QED) is 0.153. The Bertz CT molecular complexity index is 1680. The molecule has 9 rings (SSSR count). The molecule has 0 amide bonds. The minimum atomic E-state index is -2.20. The molecule has 3 aromatic carbocycles. The Balaban J connectivity index is 1.70. The van der Waals surface area contributed by atoms with Crippen LogP contribution < -0.4 is 0 Å². The number of fused-ring (bicyclic) bond motifs is 3. The van der Waals surface area contributed by atoms with E-state index < -0.39 is 5.96 Å². The molecule has 5 heteroatoms. The molecule has 0 saturated heterocycles. The molecule has 3 aliphatic heterocycles. The molecule has 0 unspecified atom stereocenters. The summed E-state index contributed by atoms with van der Waals surface area (Å²) in [6.07, 6.45) is 0. The molecule has 0 fully saturated rings. The third kappa shape index (κ3) is 1.85. The van der Waals surface area contributed by atoms with Gasteiger partial charge in [0.15, 0.2) is 0 Å². The van der Waals surface area contributed by atoms with Crippen LogP contribution in [-0.4, -0.2) is 28.1 Å². The van der Waals surface area contributed by atoms with Gasteiger partial charge in [0.05, 0.1) is 0 Å². The van der Waals surface area contributed by atoms with Gasteiger partial charge in [-0.3, -0.25) is 0 Å². The topological polar surface area (TPSA) is 14.8 Å². The summed E-state index contributed by atoms with van der Waals surface area (Å²) in [4.78, 5) is 0. The fourth-order valence-electron chi connectivity index (χ4n) is 6.72. The molecule has 2 bridgehead atoms. The standard InChI is InChI=1S/C28H22N3PSe/c1-16-19-10-4-7-13-22(19)29-26(16)25-27-17(2)20-11-5-8-14-23(20)30(27)32(29,33)31-24-15-9-6-12-21(24)18(3)28(25)31/h4-15,25H,1-3H3. The third-order valence-electron chi connectivity index (χ3n) is 8.05. The Morgan fingerprint density at radius 3 is 1.18 bits per heavy atom. The van der Waals surface area contributed by atoms with Crippen LogP contribution in [0.5, 0.6) is 0 Å². The van der Waals surface area contributed by atoms with E-state index in [0.29, 0.717) is 0 Å². The second kappa shape index (κ2) is 5.83. The van der Waals surface area contributed by atoms with Gasteiger partial charge in [0.2, 0.25) is 0 Å². The van der Waals surface area contributed by atoms with Gasteiger partial charge in [0, 0.05) is 0 Å². The Labute approximate surface area is 199 Å². The molecule has 3 aliphatic rings. The SMILES string of the molecule is Cc1c2n(c3ccccc13)P1(=[Se])n3c(c(C)c4ccccc43)C2c2c(C)c3ccccc3n21. The molecule has 160 valence electrons. The predicted molar refractivity (Wildman–Crippen MR) is 140 cm³/mol. The van der Waals surface area contributed by atoms with Crippen molar-refractivity contribution in [2.24, 2.45) is 0 Å². The van der Waals surface area contributed by atoms with E-state index in [9.17, 15) is 0 Å². The zero-order chi connectivity index (χ0) is 22.2. The third-order valence-corrected chi connectivity index (χ3v) is 14.0. The van der Waals surface area contributed by atoms with Gasteiger partial charge in [-0.15, -0.1) is 0 Å². The van der Waals surface area contributed by atoms with Gasteiger partial charge in [0.1, 0.15) is 0 Å². The first-order valence-corrected chi connectivity index (χ1v) is 15.3. The van der Waals surface area contributed by atoms with Crippen molar-refractivity contribution in [2.75, 3.05) is 0 Å². The Hall–Kier alpha value is -2.77. The molecule has 0 radical (unpaired) electrons. The maximum absolute atomic E-state index is 3.87. The van der Waals surface area contributed by atoms with E-state index in [0.717, 1.165) is 0 Å². The van der Waals surface area contributed by atoms with Crippen LogP contribution in [-0.2, 0) is 0 Å². The van der Waals surface area contributed by atoms with Crippen molar-refractivity contribution < 1.29 is 0 Å². The van der Waals surface area contributed by atoms with Crippen molar-refractivity contribution in [1.29, 1.82) is 0 Å². The van der Waals surface area contributed by atoms with Crippen LogP contribution in [0.4, 0.5) is 0 Å². The van der Waals surface area contributed by atoms with Gasteiger partial charge >= 0.3 is 200 Å². The number of benzene rings is 3. The van der Waals surface area contributed by atoms with E-state index >= 15 is 0 Å². The van der Waals surface area contributed by atoms with Crippen molar-refractivity contribution >= 4 is 53.8 Å². The molecule has 3 nitrogen and oxygen atoms in total. The summed E-state index contributed by atoms with van der Waals surface area (Å²) in [6, 6.07) is 26.9. The van der Waals surface area contributed by atoms with E-state index in [1.165, 1.54) is 66.5 Å². The number of aryl methyl sites for hydroxylation is 3. The van der Waals surface area contributed by atoms with Crippen LogP contribution in [0.15, 0.2) is 72.8 Å². The normalized spacial score (nSPS) is 20.5. The van der Waals surface area contributed by atoms with Crippen LogP contribution in [0.3, 0.4) is 0 Å². The maximum atomic E-state index is 3.87. The zero-order valence-corrected chi connectivity index (χ0v) is 21.3. The van der Waals surface area contributed by atoms with Crippen molar-refractivity contribution in [3.63, 3.8) is 0 Å². The van der Waals surface area contributed by atoms with Crippen LogP contribution in [0.25, 0.3) is 32.7 Å². The van der Waals surface area contributed by atoms with E-state index in [1.807, 2.05) is 0 Å². The minimum absolute atomic E-state index is 0.215. The molecular formula is C28H22N3PSe. The van der Waals surface area contributed by atoms with Crippen LogP contribution in [0, 0.1) is 20.8 Å². The molecule has 6 aromatic rings. The number of hydrogen-bond donors (Lipinski definition) is 0. The first-order chi connectivity index (χ1) is 16.0. The fraction of sp³-hybridized carbons (Fsp3) is 0.143. The Kier molecular flexibility index (Phi) is 3.29. The average Bonchev–Trinajstić information content (AvgIpc) is 3.44. The predicted octanol–water partition coefficient (Wildman–Crippen LogP) is 7.07. The van der Waals surface area contributed by atoms with Crippen molar-refractivity contribution in [2.45, 2.75) is 26.7 Å². The van der Waals surface area contributed by atoms with Crippen LogP contribution in [0.2, 0.25) is 0 Å². The Morgan fingerprint density at radius 1 is 0.545 bits per heavy atom. The molecular weight excluding hydrogens is 488 g/mol. The van der Waals surface area contributed by atoms with Gasteiger partial charge in [-0.25, -0.2) is 0 Å². The van der Waals surface area contributed by atoms with Gasteiger partial charge in [-0.05, 0) is 0 Å². The summed E-state index contributed by atoms with van der Waals surface area (Å²) in [5.41, 5.74) is 12.7. The molecule has 0 aliphatic carbocycles. The van der Waals surface area contributed by atoms with Crippen molar-refractivity contribution in [3.8, 4) is 0 Å². The van der Waals surface area contributed by atoms with Gasteiger partial charge in [-0.1, -0.05) is 0 Å². The number of hydrogen-bond acceptors (Lipinski definition) is 0. The van der Waals surface area contributed by atoms with Crippen LogP contribution >= 0.6 is 5.96 Å². The summed E-state index contributed by atoms with van der Waals surface area (Å²) in [5.74, 6) is -1.98. The molecule has 33 heavy (non-hydrogen) atoms. The van der Waals surface area contributed by atoms with E-state index in [2.05, 4.69) is 122 Å². The molecule has 6 heterocycles. The molecule has 3 aromatic heterocycles. The molecule has 0 N–H and O–H groups in total. The molecule has 0 saturated carbocycles. The summed E-state index contributed by atoms with van der Waals surface area (Å²) in [6.45, 7) is 6.98. The summed E-state index contributed by atoms with van der Waals surface area (Å²) >= 11 is 3.87. The second-order valence-corrected chi connectivity index (χ2v) is 14.8. The molecule has 0 spiro atoms. The number of rotatable bonds is 0. The number of nitrogens with zero attached hydrogens (tertiary/aromatic N) is 3. The monoisotopic (exact) mass is 511 g/mol. The summed E-state index contributed by atoms with van der Waals surface area (Å²) in [5, 5.41) is 4.12. The average molecular weight is 510 g/mol. The molecule has 0 atom stereocenters. The van der Waals surface area contributed by atoms with E-state index in [4.69, 9.17) is 0 Å². The van der Waals surface area contributed by atoms with Gasteiger partial charge < -0.3 is 0 Å². The van der Waals surface area contributed by atoms with Crippen molar-refractivity contribution in [3.05, 3.63) is 107 Å². The summed E-state index contributed by atoms with van der Waals surface area (Å²) < 4.78 is 8.08. The zero-order valence-electron chi connectivity index (χ0n) is 18.7. The van der Waals surface area contributed by atoms with Crippen LogP contribution in [0.1, 0.15) is 39.7 Å². The second-order valence-electron chi connectivity index (χ2n) is 9.46. The van der Waals surface area contributed by atoms with Crippen molar-refractivity contribution in [1.82, 2.24) is 13.0 Å². The first kappa shape index (κ1) is 18.6. The summed E-state index contributed by atoms with van der Waals surface area (Å²) in [7, 11) is 0. The van der Waals surface area contributed by atoms with E-state index in [-0.39, 0.29) is 5.92 Å². The first-order valence-electron chi connectivity index (χ1n) is 11.5. The number of aromatic nitrogens is 3. The Morgan fingerprint density at radius 2 is 0.848 bits per heavy atom. The van der Waals surface area contributed by atoms with Gasteiger partial charge in [-0.2, -0.15) is 0 Å². The van der Waals surface area contributed by atoms with E-state index in [1.54, 1.807) is 0 Å². The number of para-hydroxylation sites is 3.